The molecule has 0 aromatic heterocycles. The first-order valence-electron chi connectivity index (χ1n) is 4.07. The summed E-state index contributed by atoms with van der Waals surface area (Å²) in [5, 5.41) is 17.0. The van der Waals surface area contributed by atoms with Crippen LogP contribution in [0.3, 0.4) is 0 Å². The predicted octanol–water partition coefficient (Wildman–Crippen LogP) is 0.0251. The minimum Gasteiger partial charge on any atom is -0.426 e. The van der Waals surface area contributed by atoms with Gasteiger partial charge in [-0.3, -0.25) is 0 Å². The van der Waals surface area contributed by atoms with E-state index in [2.05, 4.69) is 0 Å². The third kappa shape index (κ3) is 2.35. The summed E-state index contributed by atoms with van der Waals surface area (Å²) in [5.41, 5.74) is 0. The van der Waals surface area contributed by atoms with Crippen LogP contribution in [0.25, 0.3) is 0 Å². The average Bonchev–Trinajstić information content (AvgIpc) is 1.99. The van der Waals surface area contributed by atoms with Gasteiger partial charge < -0.3 is 10.0 Å². The highest BCUT2D eigenvalue weighted by Crippen LogP contribution is 2.33. The molecule has 1 fully saturated rings. The van der Waals surface area contributed by atoms with Crippen molar-refractivity contribution in [3.8, 4) is 0 Å². The van der Waals surface area contributed by atoms with Crippen LogP contribution in [-0.4, -0.2) is 47.3 Å². The van der Waals surface area contributed by atoms with Gasteiger partial charge in [0.15, 0.2) is 6.17 Å². The third-order valence-corrected chi connectivity index (χ3v) is 2.07. The molecule has 3 nitrogen and oxygen atoms in total. The van der Waals surface area contributed by atoms with Gasteiger partial charge in [-0.15, -0.1) is 0 Å². The molecule has 1 unspecified atom stereocenters. The molecule has 1 aliphatic rings. The van der Waals surface area contributed by atoms with Crippen molar-refractivity contribution in [1.29, 1.82) is 0 Å². The van der Waals surface area contributed by atoms with Crippen LogP contribution < -0.4 is 0 Å². The van der Waals surface area contributed by atoms with Crippen molar-refractivity contribution in [3.05, 3.63) is 0 Å². The minimum atomic E-state index is -3.57. The average molecular weight is 197 g/mol. The second-order valence-corrected chi connectivity index (χ2v) is 3.12. The van der Waals surface area contributed by atoms with Crippen LogP contribution in [0.1, 0.15) is 12.8 Å². The van der Waals surface area contributed by atoms with E-state index in [0.29, 0.717) is 11.3 Å². The van der Waals surface area contributed by atoms with E-state index in [4.69, 9.17) is 10.0 Å². The molecule has 1 rings (SSSR count). The second-order valence-electron chi connectivity index (χ2n) is 3.12. The minimum absolute atomic E-state index is 0.00889. The van der Waals surface area contributed by atoms with Gasteiger partial charge in [0.25, 0.3) is 0 Å². The number of alkyl halides is 3. The molecule has 0 saturated carbocycles. The molecule has 0 aliphatic carbocycles. The quantitative estimate of drug-likeness (QED) is 0.484. The van der Waals surface area contributed by atoms with Crippen LogP contribution in [0.4, 0.5) is 13.2 Å². The van der Waals surface area contributed by atoms with E-state index in [0.717, 1.165) is 0 Å². The Bertz CT molecular complexity index is 181. The third-order valence-electron chi connectivity index (χ3n) is 2.07. The fourth-order valence-corrected chi connectivity index (χ4v) is 1.39. The summed E-state index contributed by atoms with van der Waals surface area (Å²) in [6.45, 7) is -0.00889. The molecule has 0 amide bonds. The standard InChI is InChI=1S/C6H11BF3NO2/c8-5-2-1-3-11(4-7(12)13)6(5,9)10/h5,12-13H,1-4H2. The number of likely N-dealkylation sites (tertiary alicyclic amines) is 1. The maximum atomic E-state index is 13.0. The lowest BCUT2D eigenvalue weighted by Gasteiger charge is -2.37. The Balaban J connectivity index is 2.61. The van der Waals surface area contributed by atoms with Crippen molar-refractivity contribution in [3.63, 3.8) is 0 Å². The molecule has 0 radical (unpaired) electrons. The zero-order valence-electron chi connectivity index (χ0n) is 6.96. The first-order chi connectivity index (χ1) is 5.94. The normalized spacial score (nSPS) is 28.8. The van der Waals surface area contributed by atoms with E-state index in [1.807, 2.05) is 0 Å². The van der Waals surface area contributed by atoms with Gasteiger partial charge in [0, 0.05) is 13.0 Å². The molecular formula is C6H11BF3NO2. The zero-order chi connectivity index (χ0) is 10.1. The zero-order valence-corrected chi connectivity index (χ0v) is 6.96. The molecule has 0 aromatic carbocycles. The van der Waals surface area contributed by atoms with Gasteiger partial charge >= 0.3 is 13.2 Å². The Kier molecular flexibility index (Phi) is 3.20. The van der Waals surface area contributed by atoms with Crippen molar-refractivity contribution < 1.29 is 23.2 Å². The van der Waals surface area contributed by atoms with E-state index >= 15 is 0 Å². The monoisotopic (exact) mass is 197 g/mol. The van der Waals surface area contributed by atoms with Crippen LogP contribution >= 0.6 is 0 Å². The van der Waals surface area contributed by atoms with Gasteiger partial charge in [0.2, 0.25) is 0 Å². The number of hydrogen-bond donors (Lipinski definition) is 2. The molecule has 76 valence electrons. The van der Waals surface area contributed by atoms with Crippen molar-refractivity contribution >= 4 is 7.12 Å². The maximum absolute atomic E-state index is 13.0. The van der Waals surface area contributed by atoms with Gasteiger partial charge in [-0.2, -0.15) is 8.78 Å². The van der Waals surface area contributed by atoms with Gasteiger partial charge in [-0.05, 0) is 12.8 Å². The number of nitrogens with zero attached hydrogens (tertiary/aromatic N) is 1. The molecule has 1 atom stereocenters. The van der Waals surface area contributed by atoms with Gasteiger partial charge in [0.05, 0.1) is 0 Å². The topological polar surface area (TPSA) is 43.7 Å². The Hall–Kier alpha value is -0.265. The molecule has 1 heterocycles. The van der Waals surface area contributed by atoms with E-state index < -0.39 is 25.8 Å². The SMILES string of the molecule is OB(O)CN1CCCC(F)C1(F)F. The van der Waals surface area contributed by atoms with Crippen molar-refractivity contribution in [2.45, 2.75) is 25.1 Å². The van der Waals surface area contributed by atoms with Crippen molar-refractivity contribution in [2.75, 3.05) is 13.0 Å². The molecule has 1 saturated heterocycles. The van der Waals surface area contributed by atoms with E-state index in [9.17, 15) is 13.2 Å². The fraction of sp³-hybridized carbons (Fsp3) is 1.00. The molecule has 0 spiro atoms. The summed E-state index contributed by atoms with van der Waals surface area (Å²) in [7, 11) is -1.85. The first kappa shape index (κ1) is 10.8. The summed E-state index contributed by atoms with van der Waals surface area (Å²) in [4.78, 5) is 0.464. The Morgan fingerprint density at radius 1 is 1.46 bits per heavy atom. The molecule has 7 heteroatoms. The fourth-order valence-electron chi connectivity index (χ4n) is 1.39. The summed E-state index contributed by atoms with van der Waals surface area (Å²) < 4.78 is 38.6. The van der Waals surface area contributed by atoms with Gasteiger partial charge in [0.1, 0.15) is 0 Å². The molecule has 0 aromatic rings. The smallest absolute Gasteiger partial charge is 0.426 e. The molecule has 0 bridgehead atoms. The van der Waals surface area contributed by atoms with Crippen molar-refractivity contribution in [1.82, 2.24) is 4.90 Å². The van der Waals surface area contributed by atoms with Gasteiger partial charge in [-0.1, -0.05) is 0 Å². The van der Waals surface area contributed by atoms with Crippen LogP contribution in [0.15, 0.2) is 0 Å². The van der Waals surface area contributed by atoms with Crippen LogP contribution in [0.2, 0.25) is 0 Å². The number of halogens is 3. The molecule has 1 aliphatic heterocycles. The summed E-state index contributed by atoms with van der Waals surface area (Å²) >= 11 is 0. The summed E-state index contributed by atoms with van der Waals surface area (Å²) in [6.07, 6.45) is -2.69. The lowest BCUT2D eigenvalue weighted by molar-refractivity contribution is -0.204. The van der Waals surface area contributed by atoms with Gasteiger partial charge in [-0.25, -0.2) is 9.29 Å². The lowest BCUT2D eigenvalue weighted by Crippen LogP contribution is -2.55. The largest absolute Gasteiger partial charge is 0.466 e. The highest BCUT2D eigenvalue weighted by molar-refractivity contribution is 6.41. The summed E-state index contributed by atoms with van der Waals surface area (Å²) in [5.74, 6) is 0. The lowest BCUT2D eigenvalue weighted by atomic mass is 9.89. The number of rotatable bonds is 2. The molecule has 13 heavy (non-hydrogen) atoms. The Morgan fingerprint density at radius 3 is 2.62 bits per heavy atom. The molecule has 2 N–H and O–H groups in total. The maximum Gasteiger partial charge on any atom is 0.466 e. The molecular weight excluding hydrogens is 186 g/mol. The van der Waals surface area contributed by atoms with E-state index in [-0.39, 0.29) is 13.0 Å². The van der Waals surface area contributed by atoms with Crippen LogP contribution in [0.5, 0.6) is 0 Å². The number of hydrogen-bond acceptors (Lipinski definition) is 3. The van der Waals surface area contributed by atoms with Crippen molar-refractivity contribution in [2.24, 2.45) is 0 Å². The van der Waals surface area contributed by atoms with E-state index in [1.165, 1.54) is 0 Å². The van der Waals surface area contributed by atoms with E-state index in [1.54, 1.807) is 0 Å². The summed E-state index contributed by atoms with van der Waals surface area (Å²) in [6, 6.07) is -3.57. The highest BCUT2D eigenvalue weighted by Gasteiger charge is 2.49. The number of piperidine rings is 1. The second kappa shape index (κ2) is 3.85. The Labute approximate surface area is 74.3 Å². The highest BCUT2D eigenvalue weighted by atomic mass is 19.3. The Morgan fingerprint density at radius 2 is 2.08 bits per heavy atom. The van der Waals surface area contributed by atoms with Crippen LogP contribution in [0, 0.1) is 0 Å². The van der Waals surface area contributed by atoms with Crippen LogP contribution in [-0.2, 0) is 0 Å². The first-order valence-corrected chi connectivity index (χ1v) is 4.07. The predicted molar refractivity (Wildman–Crippen MR) is 40.8 cm³/mol.